The first-order valence-electron chi connectivity index (χ1n) is 10.1. The fraction of sp³-hybridized carbons (Fsp3) is 0.600. The van der Waals surface area contributed by atoms with E-state index in [9.17, 15) is 19.7 Å². The average molecular weight is 404 g/mol. The maximum absolute atomic E-state index is 12.9. The second-order valence-corrected chi connectivity index (χ2v) is 7.81. The third-order valence-electron chi connectivity index (χ3n) is 5.29. The second-order valence-electron chi connectivity index (χ2n) is 7.81. The molecule has 2 amide bonds. The zero-order chi connectivity index (χ0) is 21.0. The van der Waals surface area contributed by atoms with Crippen LogP contribution in [0.5, 0.6) is 0 Å². The molecule has 1 unspecified atom stereocenters. The first-order valence-corrected chi connectivity index (χ1v) is 10.1. The van der Waals surface area contributed by atoms with Gasteiger partial charge < -0.3 is 19.9 Å². The molecule has 2 heterocycles. The van der Waals surface area contributed by atoms with Crippen LogP contribution < -0.4 is 10.2 Å². The molecule has 1 aromatic rings. The molecule has 0 spiro atoms. The minimum atomic E-state index is -0.463. The standard InChI is InChI=1S/C20H28N4O5/c1-14(2)21-19(25)15-5-6-17(18(12-15)24(27)28)23-7-3-4-16(13-23)20(26)22-8-10-29-11-9-22/h5-6,12,14,16H,3-4,7-11,13H2,1-2H3,(H,21,25). The molecule has 2 aliphatic rings. The van der Waals surface area contributed by atoms with Crippen molar-refractivity contribution >= 4 is 23.2 Å². The number of piperidine rings is 1. The molecular formula is C20H28N4O5. The number of nitrogens with one attached hydrogen (secondary N) is 1. The molecule has 9 nitrogen and oxygen atoms in total. The van der Waals surface area contributed by atoms with Gasteiger partial charge in [-0.05, 0) is 38.8 Å². The van der Waals surface area contributed by atoms with E-state index in [4.69, 9.17) is 4.74 Å². The number of hydrogen-bond acceptors (Lipinski definition) is 6. The Balaban J connectivity index is 1.78. The molecule has 29 heavy (non-hydrogen) atoms. The number of carbonyl (C=O) groups is 2. The van der Waals surface area contributed by atoms with E-state index in [2.05, 4.69) is 5.32 Å². The molecule has 9 heteroatoms. The second kappa shape index (κ2) is 9.21. The van der Waals surface area contributed by atoms with Crippen molar-refractivity contribution in [2.24, 2.45) is 5.92 Å². The zero-order valence-corrected chi connectivity index (χ0v) is 16.9. The first-order chi connectivity index (χ1) is 13.9. The van der Waals surface area contributed by atoms with E-state index in [-0.39, 0.29) is 35.0 Å². The quantitative estimate of drug-likeness (QED) is 0.593. The number of nitro groups is 1. The number of hydrogen-bond donors (Lipinski definition) is 1. The van der Waals surface area contributed by atoms with Gasteiger partial charge in [0.15, 0.2) is 0 Å². The van der Waals surface area contributed by atoms with Crippen molar-refractivity contribution < 1.29 is 19.2 Å². The molecule has 0 aliphatic carbocycles. The molecule has 2 fully saturated rings. The number of nitrogens with zero attached hydrogens (tertiary/aromatic N) is 3. The van der Waals surface area contributed by atoms with Gasteiger partial charge in [0.25, 0.3) is 11.6 Å². The molecule has 3 rings (SSSR count). The molecule has 2 aliphatic heterocycles. The van der Waals surface area contributed by atoms with Gasteiger partial charge in [0.2, 0.25) is 5.91 Å². The molecule has 2 saturated heterocycles. The lowest BCUT2D eigenvalue weighted by molar-refractivity contribution is -0.384. The number of rotatable bonds is 5. The van der Waals surface area contributed by atoms with Crippen molar-refractivity contribution in [3.63, 3.8) is 0 Å². The topological polar surface area (TPSA) is 105 Å². The summed E-state index contributed by atoms with van der Waals surface area (Å²) in [4.78, 5) is 40.0. The van der Waals surface area contributed by atoms with Gasteiger partial charge in [-0.3, -0.25) is 19.7 Å². The number of anilines is 1. The average Bonchev–Trinajstić information content (AvgIpc) is 2.73. The molecule has 0 saturated carbocycles. The molecule has 1 atom stereocenters. The number of benzene rings is 1. The van der Waals surface area contributed by atoms with Gasteiger partial charge in [-0.25, -0.2) is 0 Å². The predicted molar refractivity (Wildman–Crippen MR) is 108 cm³/mol. The van der Waals surface area contributed by atoms with Gasteiger partial charge in [-0.15, -0.1) is 0 Å². The molecule has 1 N–H and O–H groups in total. The molecule has 0 bridgehead atoms. The van der Waals surface area contributed by atoms with E-state index in [1.165, 1.54) is 6.07 Å². The summed E-state index contributed by atoms with van der Waals surface area (Å²) >= 11 is 0. The molecule has 158 valence electrons. The lowest BCUT2D eigenvalue weighted by Gasteiger charge is -2.37. The first kappa shape index (κ1) is 21.0. The van der Waals surface area contributed by atoms with E-state index >= 15 is 0 Å². The van der Waals surface area contributed by atoms with Crippen LogP contribution >= 0.6 is 0 Å². The van der Waals surface area contributed by atoms with Crippen molar-refractivity contribution in [1.82, 2.24) is 10.2 Å². The van der Waals surface area contributed by atoms with Crippen LogP contribution in [0.4, 0.5) is 11.4 Å². The highest BCUT2D eigenvalue weighted by molar-refractivity contribution is 5.96. The smallest absolute Gasteiger partial charge is 0.293 e. The van der Waals surface area contributed by atoms with Gasteiger partial charge in [-0.2, -0.15) is 0 Å². The Kier molecular flexibility index (Phi) is 6.68. The minimum absolute atomic E-state index is 0.0599. The number of carbonyl (C=O) groups excluding carboxylic acids is 2. The van der Waals surface area contributed by atoms with Gasteiger partial charge in [-0.1, -0.05) is 0 Å². The highest BCUT2D eigenvalue weighted by Crippen LogP contribution is 2.33. The van der Waals surface area contributed by atoms with E-state index < -0.39 is 4.92 Å². The Labute approximate surface area is 170 Å². The summed E-state index contributed by atoms with van der Waals surface area (Å²) in [5, 5.41) is 14.4. The number of nitro benzene ring substituents is 1. The maximum atomic E-state index is 12.9. The lowest BCUT2D eigenvalue weighted by atomic mass is 9.95. The SMILES string of the molecule is CC(C)NC(=O)c1ccc(N2CCCC(C(=O)N3CCOCC3)C2)c([N+](=O)[O-])c1. The van der Waals surface area contributed by atoms with Crippen LogP contribution in [0, 0.1) is 16.0 Å². The van der Waals surface area contributed by atoms with E-state index in [1.807, 2.05) is 23.6 Å². The van der Waals surface area contributed by atoms with Crippen molar-refractivity contribution in [1.29, 1.82) is 0 Å². The minimum Gasteiger partial charge on any atom is -0.378 e. The van der Waals surface area contributed by atoms with E-state index in [1.54, 1.807) is 12.1 Å². The lowest BCUT2D eigenvalue weighted by Crippen LogP contribution is -2.48. The van der Waals surface area contributed by atoms with Crippen molar-refractivity contribution in [2.75, 3.05) is 44.3 Å². The van der Waals surface area contributed by atoms with Crippen LogP contribution in [0.1, 0.15) is 37.0 Å². The number of ether oxygens (including phenoxy) is 1. The zero-order valence-electron chi connectivity index (χ0n) is 16.9. The van der Waals surface area contributed by atoms with Gasteiger partial charge in [0.05, 0.1) is 24.1 Å². The van der Waals surface area contributed by atoms with E-state index in [0.29, 0.717) is 45.1 Å². The molecule has 0 radical (unpaired) electrons. The van der Waals surface area contributed by atoms with Gasteiger partial charge in [0.1, 0.15) is 5.69 Å². The fourth-order valence-corrected chi connectivity index (χ4v) is 3.86. The highest BCUT2D eigenvalue weighted by atomic mass is 16.6. The van der Waals surface area contributed by atoms with Crippen molar-refractivity contribution in [3.05, 3.63) is 33.9 Å². The summed E-state index contributed by atoms with van der Waals surface area (Å²) in [5.74, 6) is -0.437. The Hall–Kier alpha value is -2.68. The molecule has 0 aromatic heterocycles. The van der Waals surface area contributed by atoms with Crippen LogP contribution in [0.2, 0.25) is 0 Å². The Morgan fingerprint density at radius 1 is 1.24 bits per heavy atom. The van der Waals surface area contributed by atoms with Gasteiger partial charge in [0, 0.05) is 43.9 Å². The Morgan fingerprint density at radius 3 is 2.62 bits per heavy atom. The molecular weight excluding hydrogens is 376 g/mol. The number of morpholine rings is 1. The predicted octanol–water partition coefficient (Wildman–Crippen LogP) is 1.81. The molecule has 1 aromatic carbocycles. The third-order valence-corrected chi connectivity index (χ3v) is 5.29. The van der Waals surface area contributed by atoms with Crippen LogP contribution in [0.15, 0.2) is 18.2 Å². The summed E-state index contributed by atoms with van der Waals surface area (Å²) in [6, 6.07) is 4.48. The number of amides is 2. The monoisotopic (exact) mass is 404 g/mol. The summed E-state index contributed by atoms with van der Waals surface area (Å²) in [5.41, 5.74) is 0.601. The van der Waals surface area contributed by atoms with Crippen LogP contribution in [0.25, 0.3) is 0 Å². The third kappa shape index (κ3) is 5.03. The van der Waals surface area contributed by atoms with Gasteiger partial charge >= 0.3 is 0 Å². The van der Waals surface area contributed by atoms with Crippen LogP contribution in [-0.4, -0.2) is 67.1 Å². The highest BCUT2D eigenvalue weighted by Gasteiger charge is 2.32. The van der Waals surface area contributed by atoms with Crippen LogP contribution in [-0.2, 0) is 9.53 Å². The summed E-state index contributed by atoms with van der Waals surface area (Å²) in [7, 11) is 0. The Bertz CT molecular complexity index is 776. The fourth-order valence-electron chi connectivity index (χ4n) is 3.86. The van der Waals surface area contributed by atoms with Crippen molar-refractivity contribution in [2.45, 2.75) is 32.7 Å². The summed E-state index contributed by atoms with van der Waals surface area (Å²) in [6.07, 6.45) is 1.56. The summed E-state index contributed by atoms with van der Waals surface area (Å²) in [6.45, 7) is 7.03. The normalized spacial score (nSPS) is 19.9. The van der Waals surface area contributed by atoms with Crippen molar-refractivity contribution in [3.8, 4) is 0 Å². The van der Waals surface area contributed by atoms with E-state index in [0.717, 1.165) is 12.8 Å². The Morgan fingerprint density at radius 2 is 1.97 bits per heavy atom. The van der Waals surface area contributed by atoms with Crippen LogP contribution in [0.3, 0.4) is 0 Å². The largest absolute Gasteiger partial charge is 0.378 e. The summed E-state index contributed by atoms with van der Waals surface area (Å²) < 4.78 is 5.31. The maximum Gasteiger partial charge on any atom is 0.293 e.